The molecule has 0 heterocycles. The lowest BCUT2D eigenvalue weighted by Gasteiger charge is -2.35. The molecule has 0 aliphatic heterocycles. The van der Waals surface area contributed by atoms with E-state index < -0.39 is 12.4 Å². The smallest absolute Gasteiger partial charge is 0.387 e. The van der Waals surface area contributed by atoms with E-state index in [2.05, 4.69) is 25.5 Å². The molecule has 0 saturated carbocycles. The summed E-state index contributed by atoms with van der Waals surface area (Å²) in [6.45, 7) is 3.68. The molecule has 0 fully saturated rings. The third kappa shape index (κ3) is 6.06. The zero-order valence-corrected chi connectivity index (χ0v) is 18.7. The molecule has 3 aromatic carbocycles. The van der Waals surface area contributed by atoms with Crippen LogP contribution in [0.25, 0.3) is 0 Å². The maximum atomic E-state index is 14.2. The highest BCUT2D eigenvalue weighted by molar-refractivity contribution is 5.36. The molecule has 3 aromatic rings. The summed E-state index contributed by atoms with van der Waals surface area (Å²) in [6.07, 6.45) is 2.56. The van der Waals surface area contributed by atoms with Crippen molar-refractivity contribution in [3.05, 3.63) is 89.7 Å². The Morgan fingerprint density at radius 1 is 0.875 bits per heavy atom. The maximum Gasteiger partial charge on any atom is 0.387 e. The van der Waals surface area contributed by atoms with Crippen LogP contribution in [0.2, 0.25) is 0 Å². The van der Waals surface area contributed by atoms with Crippen LogP contribution in [0.15, 0.2) is 72.8 Å². The maximum absolute atomic E-state index is 14.2. The first kappa shape index (κ1) is 23.7. The fraction of sp³-hybridized carbons (Fsp3) is 0.333. The summed E-state index contributed by atoms with van der Waals surface area (Å²) >= 11 is 0. The largest absolute Gasteiger partial charge is 0.454 e. The minimum absolute atomic E-state index is 0.132. The van der Waals surface area contributed by atoms with Crippen LogP contribution in [-0.4, -0.2) is 6.61 Å². The molecule has 0 bridgehead atoms. The molecule has 5 heteroatoms. The van der Waals surface area contributed by atoms with Crippen LogP contribution in [0.1, 0.15) is 44.7 Å². The number of halogens is 3. The number of ether oxygens (including phenoxy) is 2. The van der Waals surface area contributed by atoms with Gasteiger partial charge >= 0.3 is 6.61 Å². The van der Waals surface area contributed by atoms with Gasteiger partial charge in [-0.25, -0.2) is 4.39 Å². The van der Waals surface area contributed by atoms with Crippen molar-refractivity contribution in [2.75, 3.05) is 0 Å². The van der Waals surface area contributed by atoms with E-state index in [1.54, 1.807) is 36.4 Å². The molecule has 2 nitrogen and oxygen atoms in total. The number of para-hydroxylation sites is 1. The second-order valence-electron chi connectivity index (χ2n) is 8.51. The lowest BCUT2D eigenvalue weighted by atomic mass is 9.70. The summed E-state index contributed by atoms with van der Waals surface area (Å²) in [5.41, 5.74) is 1.96. The van der Waals surface area contributed by atoms with Gasteiger partial charge in [0, 0.05) is 0 Å². The number of hydrogen-bond donors (Lipinski definition) is 0. The first-order valence-corrected chi connectivity index (χ1v) is 10.8. The number of aryl methyl sites for hydroxylation is 1. The molecular weight excluding hydrogens is 413 g/mol. The van der Waals surface area contributed by atoms with Crippen LogP contribution in [0, 0.1) is 11.7 Å². The summed E-state index contributed by atoms with van der Waals surface area (Å²) in [7, 11) is 0. The Labute approximate surface area is 188 Å². The van der Waals surface area contributed by atoms with E-state index in [9.17, 15) is 13.2 Å². The van der Waals surface area contributed by atoms with E-state index in [4.69, 9.17) is 4.74 Å². The predicted octanol–water partition coefficient (Wildman–Crippen LogP) is 8.16. The van der Waals surface area contributed by atoms with Crippen LogP contribution in [0.3, 0.4) is 0 Å². The number of benzene rings is 3. The quantitative estimate of drug-likeness (QED) is 0.315. The van der Waals surface area contributed by atoms with Gasteiger partial charge in [-0.2, -0.15) is 8.78 Å². The van der Waals surface area contributed by atoms with Gasteiger partial charge in [-0.05, 0) is 78.1 Å². The second-order valence-corrected chi connectivity index (χ2v) is 8.51. The lowest BCUT2D eigenvalue weighted by molar-refractivity contribution is -0.0498. The molecule has 0 radical (unpaired) electrons. The Balaban J connectivity index is 1.67. The predicted molar refractivity (Wildman–Crippen MR) is 121 cm³/mol. The molecule has 1 unspecified atom stereocenters. The molecule has 0 aromatic heterocycles. The molecular formula is C27H29F3O2. The van der Waals surface area contributed by atoms with Crippen molar-refractivity contribution >= 4 is 0 Å². The van der Waals surface area contributed by atoms with Crippen molar-refractivity contribution in [1.82, 2.24) is 0 Å². The Kier molecular flexibility index (Phi) is 7.84. The minimum atomic E-state index is -2.83. The van der Waals surface area contributed by atoms with Gasteiger partial charge < -0.3 is 9.47 Å². The van der Waals surface area contributed by atoms with Crippen molar-refractivity contribution in [2.24, 2.45) is 5.92 Å². The van der Waals surface area contributed by atoms with Gasteiger partial charge in [-0.1, -0.05) is 57.2 Å². The molecule has 0 spiro atoms. The molecule has 0 aliphatic carbocycles. The van der Waals surface area contributed by atoms with Crippen molar-refractivity contribution in [3.8, 4) is 17.2 Å². The average Bonchev–Trinajstić information content (AvgIpc) is 2.76. The Morgan fingerprint density at radius 2 is 1.56 bits per heavy atom. The van der Waals surface area contributed by atoms with E-state index in [0.29, 0.717) is 11.7 Å². The van der Waals surface area contributed by atoms with E-state index in [-0.39, 0.29) is 16.9 Å². The highest BCUT2D eigenvalue weighted by atomic mass is 19.3. The van der Waals surface area contributed by atoms with Crippen molar-refractivity contribution in [1.29, 1.82) is 0 Å². The minimum Gasteiger partial charge on any atom is -0.454 e. The summed E-state index contributed by atoms with van der Waals surface area (Å²) in [4.78, 5) is 0. The van der Waals surface area contributed by atoms with Crippen molar-refractivity contribution in [2.45, 2.75) is 52.1 Å². The molecule has 32 heavy (non-hydrogen) atoms. The standard InChI is InChI=1S/C27H29F3O2/c1-19(2)27(3,21-12-14-23(15-13-21)32-26(29)30)17-7-8-20-11-16-24(28)25(18-20)31-22-9-5-4-6-10-22/h4-6,9-16,18-19,26H,7-8,17H2,1-3H3. The third-order valence-electron chi connectivity index (χ3n) is 6.14. The monoisotopic (exact) mass is 442 g/mol. The van der Waals surface area contributed by atoms with E-state index >= 15 is 0 Å². The van der Waals surface area contributed by atoms with Gasteiger partial charge in [0.2, 0.25) is 0 Å². The number of hydrogen-bond acceptors (Lipinski definition) is 2. The fourth-order valence-electron chi connectivity index (χ4n) is 3.84. The fourth-order valence-corrected chi connectivity index (χ4v) is 3.84. The lowest BCUT2D eigenvalue weighted by Crippen LogP contribution is -2.28. The summed E-state index contributed by atoms with van der Waals surface area (Å²) in [6, 6.07) is 21.0. The molecule has 3 rings (SSSR count). The molecule has 0 saturated heterocycles. The zero-order valence-electron chi connectivity index (χ0n) is 18.7. The highest BCUT2D eigenvalue weighted by Gasteiger charge is 2.30. The van der Waals surface area contributed by atoms with Gasteiger partial charge in [0.1, 0.15) is 11.5 Å². The van der Waals surface area contributed by atoms with Gasteiger partial charge in [-0.3, -0.25) is 0 Å². The first-order chi connectivity index (χ1) is 15.3. The van der Waals surface area contributed by atoms with Gasteiger partial charge in [-0.15, -0.1) is 0 Å². The highest BCUT2D eigenvalue weighted by Crippen LogP contribution is 2.38. The second kappa shape index (κ2) is 10.6. The SMILES string of the molecule is CC(C)C(C)(CCCc1ccc(F)c(Oc2ccccc2)c1)c1ccc(OC(F)F)cc1. The molecule has 0 amide bonds. The molecule has 170 valence electrons. The van der Waals surface area contributed by atoms with Crippen LogP contribution >= 0.6 is 0 Å². The van der Waals surface area contributed by atoms with Crippen LogP contribution in [0.5, 0.6) is 17.2 Å². The topological polar surface area (TPSA) is 18.5 Å². The van der Waals surface area contributed by atoms with E-state index in [1.165, 1.54) is 6.07 Å². The number of rotatable bonds is 10. The van der Waals surface area contributed by atoms with E-state index in [1.807, 2.05) is 30.3 Å². The Bertz CT molecular complexity index is 988. The van der Waals surface area contributed by atoms with Crippen LogP contribution < -0.4 is 9.47 Å². The summed E-state index contributed by atoms with van der Waals surface area (Å²) in [5, 5.41) is 0. The molecule has 0 aliphatic rings. The normalized spacial score (nSPS) is 13.2. The van der Waals surface area contributed by atoms with Crippen molar-refractivity contribution in [3.63, 3.8) is 0 Å². The first-order valence-electron chi connectivity index (χ1n) is 10.8. The summed E-state index contributed by atoms with van der Waals surface area (Å²) in [5.74, 6) is 0.919. The van der Waals surface area contributed by atoms with Crippen LogP contribution in [0.4, 0.5) is 13.2 Å². The zero-order chi connectivity index (χ0) is 23.1. The molecule has 1 atom stereocenters. The Hall–Kier alpha value is -2.95. The number of alkyl halides is 2. The van der Waals surface area contributed by atoms with Gasteiger partial charge in [0.15, 0.2) is 11.6 Å². The van der Waals surface area contributed by atoms with Crippen LogP contribution in [-0.2, 0) is 11.8 Å². The van der Waals surface area contributed by atoms with E-state index in [0.717, 1.165) is 30.4 Å². The Morgan fingerprint density at radius 3 is 2.19 bits per heavy atom. The summed E-state index contributed by atoms with van der Waals surface area (Å²) < 4.78 is 49.3. The van der Waals surface area contributed by atoms with Crippen molar-refractivity contribution < 1.29 is 22.6 Å². The third-order valence-corrected chi connectivity index (χ3v) is 6.14. The van der Waals surface area contributed by atoms with Gasteiger partial charge in [0.05, 0.1) is 0 Å². The van der Waals surface area contributed by atoms with Gasteiger partial charge in [0.25, 0.3) is 0 Å². The molecule has 0 N–H and O–H groups in total. The average molecular weight is 443 g/mol.